The molecule has 0 saturated heterocycles. The van der Waals surface area contributed by atoms with E-state index < -0.39 is 0 Å². The van der Waals surface area contributed by atoms with Crippen LogP contribution in [-0.2, 0) is 0 Å². The van der Waals surface area contributed by atoms with E-state index in [2.05, 4.69) is 55.1 Å². The third-order valence-corrected chi connectivity index (χ3v) is 3.29. The molecule has 0 aliphatic rings. The summed E-state index contributed by atoms with van der Waals surface area (Å²) < 4.78 is 4.11. The highest BCUT2D eigenvalue weighted by molar-refractivity contribution is 9.11. The molecule has 0 spiro atoms. The van der Waals surface area contributed by atoms with Crippen molar-refractivity contribution in [2.24, 2.45) is 0 Å². The number of hydrogen-bond donors (Lipinski definition) is 0. The highest BCUT2D eigenvalue weighted by atomic mass is 79.9. The molecule has 4 heteroatoms. The van der Waals surface area contributed by atoms with Gasteiger partial charge >= 0.3 is 5.65 Å². The number of halogens is 2. The Morgan fingerprint density at radius 1 is 1.29 bits per heavy atom. The largest absolute Gasteiger partial charge is 0.342 e. The van der Waals surface area contributed by atoms with Gasteiger partial charge in [-0.2, -0.15) is 4.40 Å². The Labute approximate surface area is 99.2 Å². The fraction of sp³-hybridized carbons (Fsp3) is 0.200. The molecule has 0 saturated carbocycles. The molecule has 2 heterocycles. The van der Waals surface area contributed by atoms with Crippen LogP contribution in [0.4, 0.5) is 0 Å². The van der Waals surface area contributed by atoms with E-state index in [0.29, 0.717) is 0 Å². The molecule has 0 unspecified atom stereocenters. The molecule has 0 radical (unpaired) electrons. The highest BCUT2D eigenvalue weighted by Crippen LogP contribution is 2.18. The normalized spacial score (nSPS) is 10.9. The first-order valence-electron chi connectivity index (χ1n) is 4.22. The molecule has 2 aromatic heterocycles. The zero-order valence-electron chi connectivity index (χ0n) is 7.88. The summed E-state index contributed by atoms with van der Waals surface area (Å²) in [5, 5.41) is 0. The van der Waals surface area contributed by atoms with Crippen LogP contribution >= 0.6 is 31.9 Å². The molecule has 0 atom stereocenters. The molecule has 0 amide bonds. The number of rotatable bonds is 0. The van der Waals surface area contributed by atoms with Crippen LogP contribution in [0.1, 0.15) is 11.3 Å². The van der Waals surface area contributed by atoms with Crippen LogP contribution < -0.4 is 4.40 Å². The quantitative estimate of drug-likeness (QED) is 0.683. The van der Waals surface area contributed by atoms with Crippen LogP contribution in [0.25, 0.3) is 5.65 Å². The van der Waals surface area contributed by atoms with E-state index in [-0.39, 0.29) is 0 Å². The van der Waals surface area contributed by atoms with Gasteiger partial charge in [0.15, 0.2) is 0 Å². The van der Waals surface area contributed by atoms with Gasteiger partial charge in [-0.1, -0.05) is 0 Å². The van der Waals surface area contributed by atoms with Crippen molar-refractivity contribution in [3.05, 3.63) is 38.7 Å². The fourth-order valence-electron chi connectivity index (χ4n) is 1.34. The van der Waals surface area contributed by atoms with E-state index >= 15 is 0 Å². The standard InChI is InChI=1S/C10H9Br2N2/c1-6-4-13-10-9(12)3-8(11)5-14(10)7(6)2/h3-5H,1-2H3/q+1. The second kappa shape index (κ2) is 3.59. The number of aromatic nitrogens is 2. The van der Waals surface area contributed by atoms with Crippen molar-refractivity contribution in [3.63, 3.8) is 0 Å². The molecule has 0 fully saturated rings. The van der Waals surface area contributed by atoms with Crippen molar-refractivity contribution in [2.45, 2.75) is 13.8 Å². The minimum atomic E-state index is 0.941. The van der Waals surface area contributed by atoms with Gasteiger partial charge in [0.2, 0.25) is 0 Å². The molecule has 2 nitrogen and oxygen atoms in total. The Kier molecular flexibility index (Phi) is 2.58. The second-order valence-electron chi connectivity index (χ2n) is 3.23. The van der Waals surface area contributed by atoms with Gasteiger partial charge in [0.05, 0.1) is 4.47 Å². The van der Waals surface area contributed by atoms with Crippen molar-refractivity contribution in [1.29, 1.82) is 0 Å². The fourth-order valence-corrected chi connectivity index (χ4v) is 2.62. The number of pyridine rings is 1. The number of nitrogens with zero attached hydrogens (tertiary/aromatic N) is 2. The maximum Gasteiger partial charge on any atom is 0.342 e. The maximum atomic E-state index is 4.38. The first-order chi connectivity index (χ1) is 6.59. The summed E-state index contributed by atoms with van der Waals surface area (Å²) in [5.41, 5.74) is 3.33. The third-order valence-electron chi connectivity index (χ3n) is 2.27. The van der Waals surface area contributed by atoms with Crippen molar-refractivity contribution in [3.8, 4) is 0 Å². The summed E-state index contributed by atoms with van der Waals surface area (Å²) in [4.78, 5) is 4.38. The molecular weight excluding hydrogens is 308 g/mol. The Morgan fingerprint density at radius 2 is 2.00 bits per heavy atom. The van der Waals surface area contributed by atoms with Gasteiger partial charge in [-0.3, -0.25) is 0 Å². The maximum absolute atomic E-state index is 4.38. The lowest BCUT2D eigenvalue weighted by Crippen LogP contribution is -2.28. The smallest absolute Gasteiger partial charge is 0.198 e. The predicted molar refractivity (Wildman–Crippen MR) is 62.3 cm³/mol. The lowest BCUT2D eigenvalue weighted by Gasteiger charge is -2.00. The van der Waals surface area contributed by atoms with Crippen molar-refractivity contribution < 1.29 is 4.40 Å². The summed E-state index contributed by atoms with van der Waals surface area (Å²) in [5.74, 6) is 0. The average Bonchev–Trinajstić information content (AvgIpc) is 2.12. The zero-order valence-corrected chi connectivity index (χ0v) is 11.1. The molecule has 0 aliphatic carbocycles. The molecule has 0 aliphatic heterocycles. The van der Waals surface area contributed by atoms with Crippen LogP contribution in [0.5, 0.6) is 0 Å². The summed E-state index contributed by atoms with van der Waals surface area (Å²) >= 11 is 6.96. The van der Waals surface area contributed by atoms with Crippen LogP contribution in [0.2, 0.25) is 0 Å². The number of fused-ring (bicyclic) bond motifs is 1. The highest BCUT2D eigenvalue weighted by Gasteiger charge is 2.13. The zero-order chi connectivity index (χ0) is 10.3. The number of aryl methyl sites for hydroxylation is 2. The summed E-state index contributed by atoms with van der Waals surface area (Å²) in [7, 11) is 0. The van der Waals surface area contributed by atoms with E-state index in [1.807, 2.05) is 18.5 Å². The van der Waals surface area contributed by atoms with Crippen molar-refractivity contribution in [1.82, 2.24) is 4.98 Å². The van der Waals surface area contributed by atoms with Crippen molar-refractivity contribution >= 4 is 37.5 Å². The van der Waals surface area contributed by atoms with Crippen LogP contribution in [0.3, 0.4) is 0 Å². The first kappa shape index (κ1) is 10.1. The predicted octanol–water partition coefficient (Wildman–Crippen LogP) is 2.96. The monoisotopic (exact) mass is 315 g/mol. The van der Waals surface area contributed by atoms with Gasteiger partial charge in [0, 0.05) is 5.56 Å². The first-order valence-corrected chi connectivity index (χ1v) is 5.81. The van der Waals surface area contributed by atoms with Gasteiger partial charge in [-0.15, -0.1) is 0 Å². The van der Waals surface area contributed by atoms with E-state index in [1.54, 1.807) is 0 Å². The average molecular weight is 317 g/mol. The van der Waals surface area contributed by atoms with Gasteiger partial charge < -0.3 is 0 Å². The summed E-state index contributed by atoms with van der Waals surface area (Å²) in [6.07, 6.45) is 3.92. The topological polar surface area (TPSA) is 17.0 Å². The second-order valence-corrected chi connectivity index (χ2v) is 5.00. The van der Waals surface area contributed by atoms with E-state index in [9.17, 15) is 0 Å². The molecule has 14 heavy (non-hydrogen) atoms. The van der Waals surface area contributed by atoms with Crippen LogP contribution in [-0.4, -0.2) is 4.98 Å². The minimum absolute atomic E-state index is 0.941. The van der Waals surface area contributed by atoms with Crippen LogP contribution in [0.15, 0.2) is 27.4 Å². The SMILES string of the molecule is Cc1cnc2c(Br)cc(Br)c[n+]2c1C. The van der Waals surface area contributed by atoms with E-state index in [4.69, 9.17) is 0 Å². The van der Waals surface area contributed by atoms with Gasteiger partial charge in [-0.25, -0.2) is 0 Å². The van der Waals surface area contributed by atoms with Gasteiger partial charge in [-0.05, 0) is 56.8 Å². The number of hydrogen-bond acceptors (Lipinski definition) is 1. The Hall–Kier alpha value is -0.480. The Bertz CT molecular complexity index is 509. The van der Waals surface area contributed by atoms with Crippen LogP contribution in [0, 0.1) is 13.8 Å². The molecule has 0 bridgehead atoms. The Morgan fingerprint density at radius 3 is 2.71 bits per heavy atom. The van der Waals surface area contributed by atoms with E-state index in [0.717, 1.165) is 14.6 Å². The molecule has 0 aromatic carbocycles. The van der Waals surface area contributed by atoms with Gasteiger partial charge in [0.25, 0.3) is 0 Å². The minimum Gasteiger partial charge on any atom is -0.198 e. The third kappa shape index (κ3) is 1.57. The molecule has 72 valence electrons. The molecule has 2 rings (SSSR count). The molecular formula is C10H9Br2N2+. The molecule has 2 aromatic rings. The van der Waals surface area contributed by atoms with E-state index in [1.165, 1.54) is 11.3 Å². The lowest BCUT2D eigenvalue weighted by molar-refractivity contribution is -0.524. The summed E-state index contributed by atoms with van der Waals surface area (Å²) in [6, 6.07) is 2.00. The Balaban J connectivity index is 2.95. The van der Waals surface area contributed by atoms with Crippen molar-refractivity contribution in [2.75, 3.05) is 0 Å². The molecule has 0 N–H and O–H groups in total. The lowest BCUT2D eigenvalue weighted by atomic mass is 10.2. The summed E-state index contributed by atoms with van der Waals surface area (Å²) in [6.45, 7) is 4.15. The van der Waals surface area contributed by atoms with Gasteiger partial charge in [0.1, 0.15) is 22.6 Å².